The number of unbranched alkanes of at least 4 members (excludes halogenated alkanes) is 1. The summed E-state index contributed by atoms with van der Waals surface area (Å²) >= 11 is 11.8. The fraction of sp³-hybridized carbons (Fsp3) is 0.500. The largest absolute Gasteiger partial charge is 0.492 e. The molecule has 0 saturated carbocycles. The van der Waals surface area contributed by atoms with Gasteiger partial charge in [-0.1, -0.05) is 43.0 Å². The van der Waals surface area contributed by atoms with E-state index < -0.39 is 12.0 Å². The average Bonchev–Trinajstić information content (AvgIpc) is 2.49. The van der Waals surface area contributed by atoms with Gasteiger partial charge >= 0.3 is 5.97 Å². The molecule has 0 aromatic heterocycles. The van der Waals surface area contributed by atoms with Gasteiger partial charge in [-0.05, 0) is 31.0 Å². The van der Waals surface area contributed by atoms with Gasteiger partial charge in [-0.15, -0.1) is 0 Å². The molecule has 1 rings (SSSR count). The molecule has 0 heterocycles. The number of rotatable bonds is 10. The number of halogens is 2. The maximum Gasteiger partial charge on any atom is 0.326 e. The Hall–Kier alpha value is -1.46. The Morgan fingerprint density at radius 1 is 1.30 bits per heavy atom. The van der Waals surface area contributed by atoms with E-state index in [2.05, 4.69) is 5.32 Å². The number of hydrogen-bond acceptors (Lipinski definition) is 3. The third-order valence-electron chi connectivity index (χ3n) is 3.18. The summed E-state index contributed by atoms with van der Waals surface area (Å²) in [7, 11) is 0. The minimum atomic E-state index is -1.00. The van der Waals surface area contributed by atoms with Gasteiger partial charge in [0.25, 0.3) is 0 Å². The fourth-order valence-electron chi connectivity index (χ4n) is 1.94. The van der Waals surface area contributed by atoms with Gasteiger partial charge in [0.2, 0.25) is 5.91 Å². The normalized spacial score (nSPS) is 11.8. The number of carbonyl (C=O) groups is 2. The molecule has 23 heavy (non-hydrogen) atoms. The first kappa shape index (κ1) is 19.6. The summed E-state index contributed by atoms with van der Waals surface area (Å²) in [5, 5.41) is 12.5. The predicted octanol–water partition coefficient (Wildman–Crippen LogP) is 3.91. The summed E-state index contributed by atoms with van der Waals surface area (Å²) in [5.41, 5.74) is 0. The van der Waals surface area contributed by atoms with Gasteiger partial charge in [-0.2, -0.15) is 0 Å². The number of hydrogen-bond donors (Lipinski definition) is 2. The molecule has 0 aliphatic heterocycles. The molecular weight excluding hydrogens is 341 g/mol. The minimum absolute atomic E-state index is 0.196. The monoisotopic (exact) mass is 361 g/mol. The summed E-state index contributed by atoms with van der Waals surface area (Å²) < 4.78 is 5.47. The molecule has 0 spiro atoms. The zero-order valence-electron chi connectivity index (χ0n) is 13.0. The third-order valence-corrected chi connectivity index (χ3v) is 3.71. The van der Waals surface area contributed by atoms with Crippen molar-refractivity contribution in [3.8, 4) is 5.75 Å². The maximum absolute atomic E-state index is 11.8. The molecule has 0 bridgehead atoms. The van der Waals surface area contributed by atoms with Crippen LogP contribution in [0.15, 0.2) is 18.2 Å². The highest BCUT2D eigenvalue weighted by atomic mass is 35.5. The Kier molecular flexibility index (Phi) is 8.81. The summed E-state index contributed by atoms with van der Waals surface area (Å²) in [5.74, 6) is -0.793. The van der Waals surface area contributed by atoms with Crippen molar-refractivity contribution in [2.75, 3.05) is 6.61 Å². The lowest BCUT2D eigenvalue weighted by atomic mass is 10.1. The first-order valence-corrected chi connectivity index (χ1v) is 8.29. The lowest BCUT2D eigenvalue weighted by Gasteiger charge is -2.14. The number of ether oxygens (including phenoxy) is 1. The molecule has 2 N–H and O–H groups in total. The second kappa shape index (κ2) is 10.3. The van der Waals surface area contributed by atoms with Gasteiger partial charge in [0.05, 0.1) is 11.6 Å². The van der Waals surface area contributed by atoms with E-state index in [1.54, 1.807) is 18.2 Å². The van der Waals surface area contributed by atoms with Crippen molar-refractivity contribution >= 4 is 35.1 Å². The molecular formula is C16H21Cl2NO4. The molecule has 1 aromatic carbocycles. The van der Waals surface area contributed by atoms with Crippen LogP contribution in [-0.4, -0.2) is 29.6 Å². The standard InChI is InChI=1S/C16H21Cl2NO4/c1-2-3-5-13(16(21)22)19-15(20)6-4-9-23-14-8-7-11(17)10-12(14)18/h7-8,10,13H,2-6,9H2,1H3,(H,19,20)(H,21,22). The van der Waals surface area contributed by atoms with Gasteiger partial charge in [0.15, 0.2) is 0 Å². The molecule has 0 fully saturated rings. The zero-order valence-corrected chi connectivity index (χ0v) is 14.5. The van der Waals surface area contributed by atoms with Gasteiger partial charge in [0.1, 0.15) is 11.8 Å². The smallest absolute Gasteiger partial charge is 0.326 e. The van der Waals surface area contributed by atoms with Crippen molar-refractivity contribution in [2.24, 2.45) is 0 Å². The van der Waals surface area contributed by atoms with Crippen LogP contribution in [0.4, 0.5) is 0 Å². The number of nitrogens with one attached hydrogen (secondary N) is 1. The van der Waals surface area contributed by atoms with Crippen LogP contribution in [-0.2, 0) is 9.59 Å². The maximum atomic E-state index is 11.8. The topological polar surface area (TPSA) is 75.6 Å². The van der Waals surface area contributed by atoms with Crippen LogP contribution in [0.5, 0.6) is 5.75 Å². The fourth-order valence-corrected chi connectivity index (χ4v) is 2.40. The van der Waals surface area contributed by atoms with E-state index in [1.807, 2.05) is 6.92 Å². The molecule has 5 nitrogen and oxygen atoms in total. The number of carboxylic acid groups (broad SMARTS) is 1. The Balaban J connectivity index is 2.31. The molecule has 1 amide bonds. The van der Waals surface area contributed by atoms with Crippen LogP contribution < -0.4 is 10.1 Å². The van der Waals surface area contributed by atoms with E-state index in [4.69, 9.17) is 33.0 Å². The number of carbonyl (C=O) groups excluding carboxylic acids is 1. The van der Waals surface area contributed by atoms with Crippen molar-refractivity contribution in [3.63, 3.8) is 0 Å². The quantitative estimate of drug-likeness (QED) is 0.619. The Morgan fingerprint density at radius 2 is 2.04 bits per heavy atom. The van der Waals surface area contributed by atoms with Gasteiger partial charge < -0.3 is 15.2 Å². The van der Waals surface area contributed by atoms with Crippen LogP contribution in [0.1, 0.15) is 39.0 Å². The van der Waals surface area contributed by atoms with Crippen molar-refractivity contribution < 1.29 is 19.4 Å². The van der Waals surface area contributed by atoms with Crippen molar-refractivity contribution in [2.45, 2.75) is 45.1 Å². The molecule has 1 unspecified atom stereocenters. The molecule has 0 aliphatic rings. The van der Waals surface area contributed by atoms with Crippen molar-refractivity contribution in [3.05, 3.63) is 28.2 Å². The Morgan fingerprint density at radius 3 is 2.65 bits per heavy atom. The predicted molar refractivity (Wildman–Crippen MR) is 90.3 cm³/mol. The van der Waals surface area contributed by atoms with Crippen LogP contribution in [0.2, 0.25) is 10.0 Å². The Labute approximate surface area is 145 Å². The van der Waals surface area contributed by atoms with E-state index in [1.165, 1.54) is 0 Å². The number of aliphatic carboxylic acids is 1. The highest BCUT2D eigenvalue weighted by Crippen LogP contribution is 2.27. The summed E-state index contributed by atoms with van der Waals surface area (Å²) in [6.45, 7) is 2.28. The SMILES string of the molecule is CCCCC(NC(=O)CCCOc1ccc(Cl)cc1Cl)C(=O)O. The molecule has 1 aromatic rings. The van der Waals surface area contributed by atoms with E-state index >= 15 is 0 Å². The van der Waals surface area contributed by atoms with E-state index in [-0.39, 0.29) is 12.3 Å². The number of amides is 1. The van der Waals surface area contributed by atoms with E-state index in [9.17, 15) is 9.59 Å². The lowest BCUT2D eigenvalue weighted by molar-refractivity contribution is -0.142. The van der Waals surface area contributed by atoms with Gasteiger partial charge in [-0.3, -0.25) is 4.79 Å². The first-order valence-electron chi connectivity index (χ1n) is 7.54. The average molecular weight is 362 g/mol. The van der Waals surface area contributed by atoms with Crippen LogP contribution in [0.3, 0.4) is 0 Å². The van der Waals surface area contributed by atoms with Crippen LogP contribution >= 0.6 is 23.2 Å². The van der Waals surface area contributed by atoms with E-state index in [0.29, 0.717) is 35.2 Å². The number of benzene rings is 1. The van der Waals surface area contributed by atoms with E-state index in [0.717, 1.165) is 12.8 Å². The molecule has 0 aliphatic carbocycles. The molecule has 0 radical (unpaired) electrons. The van der Waals surface area contributed by atoms with Crippen molar-refractivity contribution in [1.82, 2.24) is 5.32 Å². The molecule has 0 saturated heterocycles. The lowest BCUT2D eigenvalue weighted by Crippen LogP contribution is -2.40. The number of carboxylic acids is 1. The minimum Gasteiger partial charge on any atom is -0.492 e. The first-order chi connectivity index (χ1) is 10.9. The van der Waals surface area contributed by atoms with Crippen molar-refractivity contribution in [1.29, 1.82) is 0 Å². The zero-order chi connectivity index (χ0) is 17.2. The summed E-state index contributed by atoms with van der Waals surface area (Å²) in [6, 6.07) is 4.08. The Bertz CT molecular complexity index is 537. The summed E-state index contributed by atoms with van der Waals surface area (Å²) in [6.07, 6.45) is 2.74. The van der Waals surface area contributed by atoms with Crippen LogP contribution in [0.25, 0.3) is 0 Å². The molecule has 7 heteroatoms. The van der Waals surface area contributed by atoms with Gasteiger partial charge in [-0.25, -0.2) is 4.79 Å². The third kappa shape index (κ3) is 7.57. The summed E-state index contributed by atoms with van der Waals surface area (Å²) in [4.78, 5) is 22.8. The van der Waals surface area contributed by atoms with Crippen LogP contribution in [0, 0.1) is 0 Å². The highest BCUT2D eigenvalue weighted by Gasteiger charge is 2.18. The molecule has 128 valence electrons. The second-order valence-electron chi connectivity index (χ2n) is 5.13. The second-order valence-corrected chi connectivity index (χ2v) is 5.97. The molecule has 1 atom stereocenters. The van der Waals surface area contributed by atoms with Gasteiger partial charge in [0, 0.05) is 11.4 Å². The highest BCUT2D eigenvalue weighted by molar-refractivity contribution is 6.35.